The van der Waals surface area contributed by atoms with E-state index in [2.05, 4.69) is 80.4 Å². The number of halogens is 6. The fraction of sp³-hybridized carbons (Fsp3) is 0.879. The number of hydrogen-bond donors (Lipinski definition) is 3. The molecule has 0 aromatic rings. The molecule has 29 nitrogen and oxygen atoms in total. The van der Waals surface area contributed by atoms with Gasteiger partial charge in [-0.15, -0.1) is 58.8 Å². The van der Waals surface area contributed by atoms with Crippen LogP contribution in [-0.4, -0.2) is 265 Å². The number of carbonyl (C=O) groups excluding carboxylic acids is 8. The van der Waals surface area contributed by atoms with Crippen LogP contribution >= 0.6 is 81.4 Å². The summed E-state index contributed by atoms with van der Waals surface area (Å²) in [6, 6.07) is 2.39. The zero-order chi connectivity index (χ0) is 98.0. The SMILES string of the molecule is C.C1CCOC1.C1CCOC1.CC#N.CC(C)(C)OC(=O)N1CCC(C(=O)O)CC1.CC(C)C.CCC(=O)C1CCCCC1.CCC(=O)C1CCN(C(=O)OC(C)(C)C)CC1.CCC(=O)C1CCN(C(C)C)CC1.CCN(CC)CC.CNOC.CON(C)C(=O)C1CCN(C(=O)OC(C)(C)C)CC1.Cl.ClCCl.ClCCl.O=C(O)C1CCCCC1.O=CO[O-].[2H]CI.[H-].[K+].[K+]. The van der Waals surface area contributed by atoms with E-state index in [4.69, 9.17) is 102 Å². The van der Waals surface area contributed by atoms with Crippen molar-refractivity contribution in [2.45, 2.75) is 336 Å². The van der Waals surface area contributed by atoms with Crippen molar-refractivity contribution in [1.82, 2.24) is 35.0 Å². The monoisotopic (exact) mass is 2100 g/mol. The van der Waals surface area contributed by atoms with Gasteiger partial charge in [-0.1, -0.05) is 131 Å². The molecule has 0 spiro atoms. The van der Waals surface area contributed by atoms with Gasteiger partial charge in [-0.3, -0.25) is 38.4 Å². The number of nitriles is 1. The molecule has 0 radical (unpaired) electrons. The Bertz CT molecular complexity index is 2620. The van der Waals surface area contributed by atoms with Crippen molar-refractivity contribution >= 4 is 141 Å². The molecule has 128 heavy (non-hydrogen) atoms. The number of Topliss-reactive ketones (excluding diaryl/α,β-unsaturated/α-hetero) is 3. The second-order valence-electron chi connectivity index (χ2n) is 33.5. The summed E-state index contributed by atoms with van der Waals surface area (Å²) in [6.45, 7) is 54.2. The van der Waals surface area contributed by atoms with E-state index in [1.165, 1.54) is 90.1 Å². The summed E-state index contributed by atoms with van der Waals surface area (Å²) in [5, 5.41) is 34.7. The predicted molar refractivity (Wildman–Crippen MR) is 522 cm³/mol. The van der Waals surface area contributed by atoms with Gasteiger partial charge in [0.05, 0.1) is 42.8 Å². The molecule has 8 fully saturated rings. The zero-order valence-electron chi connectivity index (χ0n) is 85.7. The first kappa shape index (κ1) is 150. The van der Waals surface area contributed by atoms with Crippen molar-refractivity contribution in [2.75, 3.05) is 142 Å². The number of likely N-dealkylation sites (tertiary alicyclic amines) is 4. The van der Waals surface area contributed by atoms with Gasteiger partial charge in [0.25, 0.3) is 6.47 Å². The van der Waals surface area contributed by atoms with Gasteiger partial charge in [0.2, 0.25) is 5.91 Å². The third-order valence-electron chi connectivity index (χ3n) is 19.2. The molecule has 2 saturated carbocycles. The summed E-state index contributed by atoms with van der Waals surface area (Å²) in [5.74, 6) is 1.18. The molecular weight excluding hydrogens is 1920 g/mol. The van der Waals surface area contributed by atoms with Crippen LogP contribution in [0.4, 0.5) is 14.4 Å². The van der Waals surface area contributed by atoms with Crippen molar-refractivity contribution in [2.24, 2.45) is 41.4 Å². The van der Waals surface area contributed by atoms with E-state index in [1.54, 1.807) is 42.0 Å². The topological polar surface area (TPSA) is 363 Å². The third kappa shape index (κ3) is 98.4. The molecule has 8 aliphatic rings. The van der Waals surface area contributed by atoms with Crippen molar-refractivity contribution in [3.8, 4) is 6.07 Å². The summed E-state index contributed by atoms with van der Waals surface area (Å²) in [5.41, 5.74) is 0.994. The summed E-state index contributed by atoms with van der Waals surface area (Å²) in [4.78, 5) is 133. The van der Waals surface area contributed by atoms with Crippen LogP contribution in [0.25, 0.3) is 0 Å². The van der Waals surface area contributed by atoms with E-state index in [0.29, 0.717) is 118 Å². The number of alkyl halides is 5. The minimum absolute atomic E-state index is 0. The molecule has 6 aliphatic heterocycles. The van der Waals surface area contributed by atoms with Gasteiger partial charge in [-0.2, -0.15) is 5.26 Å². The first-order valence-electron chi connectivity index (χ1n) is 45.2. The second kappa shape index (κ2) is 102. The molecule has 0 unspecified atom stereocenters. The molecule has 754 valence electrons. The van der Waals surface area contributed by atoms with Crippen molar-refractivity contribution in [3.63, 3.8) is 0 Å². The Hall–Kier alpha value is -0.677. The number of carboxylic acid groups (broad SMARTS) is 2. The van der Waals surface area contributed by atoms with Crippen LogP contribution in [0.1, 0.15) is 316 Å². The average Bonchev–Trinajstić information content (AvgIpc) is 0.945. The maximum atomic E-state index is 11.9. The molecule has 0 atom stereocenters. The van der Waals surface area contributed by atoms with Crippen molar-refractivity contribution < 1.29 is 207 Å². The molecule has 37 heteroatoms. The van der Waals surface area contributed by atoms with Crippen LogP contribution in [0, 0.1) is 52.8 Å². The fourth-order valence-corrected chi connectivity index (χ4v) is 12.4. The summed E-state index contributed by atoms with van der Waals surface area (Å²) < 4.78 is 31.9. The van der Waals surface area contributed by atoms with Crippen LogP contribution in [0.5, 0.6) is 0 Å². The number of nitrogens with one attached hydrogen (secondary N) is 1. The van der Waals surface area contributed by atoms with Crippen LogP contribution in [-0.2, 0) is 71.8 Å². The van der Waals surface area contributed by atoms with Gasteiger partial charge in [0.15, 0.2) is 0 Å². The number of carbonyl (C=O) groups is 10. The predicted octanol–water partition coefficient (Wildman–Crippen LogP) is 14.7. The van der Waals surface area contributed by atoms with Gasteiger partial charge in [-0.05, 0) is 222 Å². The molecule has 6 heterocycles. The quantitative estimate of drug-likeness (QED) is 0.0246. The van der Waals surface area contributed by atoms with Gasteiger partial charge in [0, 0.05) is 137 Å². The normalized spacial score (nSPS) is 16.1. The van der Waals surface area contributed by atoms with Gasteiger partial charge in [0.1, 0.15) is 34.2 Å². The zero-order valence-corrected chi connectivity index (χ0v) is 95.9. The number of hydroxylamine groups is 3. The average molecular weight is 2110 g/mol. The van der Waals surface area contributed by atoms with Gasteiger partial charge in [-0.25, -0.2) is 24.9 Å². The Morgan fingerprint density at radius 1 is 0.531 bits per heavy atom. The number of nitrogens with zero attached hydrogens (tertiary/aromatic N) is 7. The molecule has 4 amide bonds. The Kier molecular flexibility index (Phi) is 120. The summed E-state index contributed by atoms with van der Waals surface area (Å²) in [7, 11) is 6.34. The molecular formula is C91H180Cl5IK2N8O21. The third-order valence-corrected chi connectivity index (χ3v) is 19.2. The van der Waals surface area contributed by atoms with Gasteiger partial charge >= 0.3 is 133 Å². The number of piperidine rings is 4. The Balaban J connectivity index is -0.000000106. The number of aliphatic carboxylic acids is 2. The number of ketones is 3. The number of carboxylic acids is 2. The number of amides is 4. The Morgan fingerprint density at radius 2 is 0.750 bits per heavy atom. The van der Waals surface area contributed by atoms with Crippen LogP contribution in [0.3, 0.4) is 0 Å². The molecule has 0 aromatic carbocycles. The number of ether oxygens (including phenoxy) is 5. The standard InChI is InChI=1S/C13H24N2O4.C13H23NO3.C11H19NO4.C11H21NO.C9H16O.C7H12O2.C6H15N.2C4H8O.C4H10.C2H7NO.C2H3N.2CH2Cl2.CH3I.CH2O3.CH4.ClH.2K.H/c1-13(2,3)19-12(17)15-8-6-10(7-9-15)11(16)14(4)18-5;1-5-11(15)10-6-8-14(9-7-10)12(16)17-13(2,3)4;1-11(2,3)16-10(15)12-6-4-8(5-7-12)9(13)14;1-4-11(13)10-5-7-12(8-6-10)9(2)3;1-2-9(10)8-6-4-3-5-7-8;8-7(9)6-4-2-1-3-5-6;1-4-7(5-2)6-3;2*1-2-4-5-3-1;1-4(2)3;1-3-4-2;1-2-3;2*2-1-3;1-2;2-1-4-3;;;;;/h10H,6-9H2,1-5H3;10H,5-9H2,1-4H3;8H,4-7H2,1-3H3,(H,13,14);9-10H,4-8H2,1-3H3;8H,2-7H2,1H3;6H,1-5H2,(H,8,9);4-6H2,1-3H3;2*1-4H2;4H,1-3H3;3H,1-2H3;1H3;2*1H2;1H3;1,3H;1H4;1H;;;/q;;;;;;;;;;;;;;;;;;2*+1;-1/p-1/i;;;;;;;;;;;;;;1D;;;;;;. The van der Waals surface area contributed by atoms with E-state index < -0.39 is 28.7 Å². The van der Waals surface area contributed by atoms with E-state index in [-0.39, 0.29) is 189 Å². The van der Waals surface area contributed by atoms with E-state index in [1.807, 2.05) is 106 Å². The molecule has 0 bridgehead atoms. The number of hydrogen-bond acceptors (Lipinski definition) is 23. The van der Waals surface area contributed by atoms with E-state index in [9.17, 15) is 43.2 Å². The molecule has 6 saturated heterocycles. The maximum Gasteiger partial charge on any atom is 1.00 e. The van der Waals surface area contributed by atoms with Crippen molar-refractivity contribution in [3.05, 3.63) is 0 Å². The Labute approximate surface area is 904 Å². The van der Waals surface area contributed by atoms with E-state index in [0.717, 1.165) is 116 Å². The molecule has 3 N–H and O–H groups in total. The van der Waals surface area contributed by atoms with Crippen LogP contribution in [0.15, 0.2) is 0 Å². The minimum atomic E-state index is -0.774. The first-order chi connectivity index (χ1) is 58.7. The van der Waals surface area contributed by atoms with Gasteiger partial charge < -0.3 is 74.8 Å². The smallest absolute Gasteiger partial charge is 1.00 e. The second-order valence-corrected chi connectivity index (χ2v) is 35.1. The fourth-order valence-electron chi connectivity index (χ4n) is 12.4. The summed E-state index contributed by atoms with van der Waals surface area (Å²) in [6.07, 6.45) is 23.7. The molecule has 2 aliphatic carbocycles. The van der Waals surface area contributed by atoms with Crippen LogP contribution in [0.2, 0.25) is 0 Å². The summed E-state index contributed by atoms with van der Waals surface area (Å²) >= 11 is 21.0. The minimum Gasteiger partial charge on any atom is -1.00 e. The molecule has 0 aromatic heterocycles. The Morgan fingerprint density at radius 3 is 0.922 bits per heavy atom. The number of rotatable bonds is 16. The molecule has 8 rings (SSSR count). The van der Waals surface area contributed by atoms with Crippen LogP contribution < -0.4 is 114 Å². The van der Waals surface area contributed by atoms with Crippen molar-refractivity contribution in [1.29, 1.82) is 5.26 Å². The largest absolute Gasteiger partial charge is 1.00 e. The first-order valence-corrected chi connectivity index (χ1v) is 48.1. The maximum absolute atomic E-state index is 11.9. The van der Waals surface area contributed by atoms with E-state index >= 15 is 0 Å².